The third kappa shape index (κ3) is 3.32. The van der Waals surface area contributed by atoms with Gasteiger partial charge in [0, 0.05) is 24.7 Å². The highest BCUT2D eigenvalue weighted by Crippen LogP contribution is 2.29. The largest absolute Gasteiger partial charge is 0.490 e. The monoisotopic (exact) mass is 292 g/mol. The Labute approximate surface area is 123 Å². The number of ether oxygens (including phenoxy) is 1. The Kier molecular flexibility index (Phi) is 4.45. The summed E-state index contributed by atoms with van der Waals surface area (Å²) in [5, 5.41) is 11.0. The van der Waals surface area contributed by atoms with Crippen LogP contribution in [0.3, 0.4) is 0 Å². The van der Waals surface area contributed by atoms with Crippen LogP contribution in [0.1, 0.15) is 30.6 Å². The minimum Gasteiger partial charge on any atom is -0.490 e. The van der Waals surface area contributed by atoms with Crippen LogP contribution in [0, 0.1) is 22.0 Å². The molecule has 0 aliphatic carbocycles. The lowest BCUT2D eigenvalue weighted by Crippen LogP contribution is -2.42. The predicted molar refractivity (Wildman–Crippen MR) is 78.5 cm³/mol. The van der Waals surface area contributed by atoms with Gasteiger partial charge in [0.25, 0.3) is 5.91 Å². The van der Waals surface area contributed by atoms with Crippen LogP contribution in [0.4, 0.5) is 5.69 Å². The third-order valence-corrected chi connectivity index (χ3v) is 3.78. The molecule has 0 saturated carbocycles. The maximum atomic E-state index is 12.5. The summed E-state index contributed by atoms with van der Waals surface area (Å²) in [7, 11) is 1.37. The highest BCUT2D eigenvalue weighted by Gasteiger charge is 2.27. The fourth-order valence-corrected chi connectivity index (χ4v) is 2.98. The molecule has 2 rings (SSSR count). The smallest absolute Gasteiger partial charge is 0.311 e. The van der Waals surface area contributed by atoms with E-state index in [9.17, 15) is 14.9 Å². The zero-order valence-corrected chi connectivity index (χ0v) is 12.5. The molecule has 21 heavy (non-hydrogen) atoms. The van der Waals surface area contributed by atoms with Crippen LogP contribution in [0.5, 0.6) is 5.75 Å². The number of nitrogens with zero attached hydrogens (tertiary/aromatic N) is 2. The normalized spacial score (nSPS) is 22.0. The number of rotatable bonds is 3. The van der Waals surface area contributed by atoms with Crippen molar-refractivity contribution in [3.63, 3.8) is 0 Å². The standard InChI is InChI=1S/C15H20N2O4/c1-10-6-11(2)9-16(8-10)15(18)12-4-5-14(21-3)13(7-12)17(19)20/h4-5,7,10-11H,6,8-9H2,1-3H3/t10-,11+. The molecular formula is C15H20N2O4. The molecule has 1 aliphatic heterocycles. The first-order chi connectivity index (χ1) is 9.92. The molecule has 6 heteroatoms. The van der Waals surface area contributed by atoms with Gasteiger partial charge in [-0.1, -0.05) is 13.8 Å². The zero-order chi connectivity index (χ0) is 15.6. The van der Waals surface area contributed by atoms with Gasteiger partial charge in [0.05, 0.1) is 12.0 Å². The summed E-state index contributed by atoms with van der Waals surface area (Å²) in [4.78, 5) is 24.8. The average Bonchev–Trinajstić information content (AvgIpc) is 2.44. The SMILES string of the molecule is COc1ccc(C(=O)N2C[C@H](C)C[C@H](C)C2)cc1[N+](=O)[O-]. The fourth-order valence-electron chi connectivity index (χ4n) is 2.98. The van der Waals surface area contributed by atoms with Crippen LogP contribution in [0.15, 0.2) is 18.2 Å². The van der Waals surface area contributed by atoms with E-state index in [1.165, 1.54) is 19.2 Å². The van der Waals surface area contributed by atoms with Gasteiger partial charge in [-0.15, -0.1) is 0 Å². The van der Waals surface area contributed by atoms with Crippen molar-refractivity contribution in [1.29, 1.82) is 0 Å². The molecule has 114 valence electrons. The van der Waals surface area contributed by atoms with Gasteiger partial charge in [-0.25, -0.2) is 0 Å². The predicted octanol–water partition coefficient (Wildman–Crippen LogP) is 2.72. The van der Waals surface area contributed by atoms with Gasteiger partial charge in [-0.2, -0.15) is 0 Å². The number of carbonyl (C=O) groups excluding carboxylic acids is 1. The van der Waals surface area contributed by atoms with Gasteiger partial charge in [-0.05, 0) is 30.4 Å². The third-order valence-electron chi connectivity index (χ3n) is 3.78. The van der Waals surface area contributed by atoms with E-state index in [4.69, 9.17) is 4.74 Å². The molecule has 1 aromatic rings. The maximum Gasteiger partial charge on any atom is 0.311 e. The lowest BCUT2D eigenvalue weighted by molar-refractivity contribution is -0.385. The number of nitro benzene ring substituents is 1. The lowest BCUT2D eigenvalue weighted by atomic mass is 9.91. The van der Waals surface area contributed by atoms with E-state index in [0.717, 1.165) is 6.42 Å². The number of benzene rings is 1. The summed E-state index contributed by atoms with van der Waals surface area (Å²) >= 11 is 0. The second-order valence-corrected chi connectivity index (χ2v) is 5.80. The molecule has 0 N–H and O–H groups in total. The maximum absolute atomic E-state index is 12.5. The molecule has 1 heterocycles. The Balaban J connectivity index is 2.27. The van der Waals surface area contributed by atoms with E-state index in [0.29, 0.717) is 30.5 Å². The summed E-state index contributed by atoms with van der Waals surface area (Å²) < 4.78 is 4.95. The van der Waals surface area contributed by atoms with Crippen LogP contribution < -0.4 is 4.74 Å². The first-order valence-electron chi connectivity index (χ1n) is 7.04. The van der Waals surface area contributed by atoms with Crippen LogP contribution in [0.2, 0.25) is 0 Å². The number of likely N-dealkylation sites (tertiary alicyclic amines) is 1. The van der Waals surface area contributed by atoms with Crippen molar-refractivity contribution in [2.75, 3.05) is 20.2 Å². The van der Waals surface area contributed by atoms with Crippen LogP contribution in [-0.2, 0) is 0 Å². The average molecular weight is 292 g/mol. The molecule has 1 aromatic carbocycles. The molecule has 1 saturated heterocycles. The van der Waals surface area contributed by atoms with Crippen molar-refractivity contribution in [2.45, 2.75) is 20.3 Å². The fraction of sp³-hybridized carbons (Fsp3) is 0.533. The molecular weight excluding hydrogens is 272 g/mol. The van der Waals surface area contributed by atoms with E-state index in [2.05, 4.69) is 13.8 Å². The van der Waals surface area contributed by atoms with Crippen molar-refractivity contribution in [3.8, 4) is 5.75 Å². The molecule has 1 amide bonds. The summed E-state index contributed by atoms with van der Waals surface area (Å²) in [5.41, 5.74) is 0.158. The van der Waals surface area contributed by atoms with Crippen molar-refractivity contribution < 1.29 is 14.5 Å². The first-order valence-corrected chi connectivity index (χ1v) is 7.04. The van der Waals surface area contributed by atoms with Gasteiger partial charge >= 0.3 is 5.69 Å². The van der Waals surface area contributed by atoms with Crippen LogP contribution in [-0.4, -0.2) is 35.9 Å². The Bertz CT molecular complexity index is 549. The van der Waals surface area contributed by atoms with Gasteiger partial charge in [0.1, 0.15) is 0 Å². The zero-order valence-electron chi connectivity index (χ0n) is 12.5. The van der Waals surface area contributed by atoms with E-state index < -0.39 is 4.92 Å². The number of amides is 1. The van der Waals surface area contributed by atoms with Crippen LogP contribution >= 0.6 is 0 Å². The van der Waals surface area contributed by atoms with Crippen molar-refractivity contribution in [1.82, 2.24) is 4.90 Å². The van der Waals surface area contributed by atoms with Crippen molar-refractivity contribution in [3.05, 3.63) is 33.9 Å². The molecule has 0 unspecified atom stereocenters. The second-order valence-electron chi connectivity index (χ2n) is 5.80. The van der Waals surface area contributed by atoms with Gasteiger partial charge in [0.2, 0.25) is 0 Å². The highest BCUT2D eigenvalue weighted by molar-refractivity contribution is 5.95. The molecule has 0 aromatic heterocycles. The van der Waals surface area contributed by atoms with Gasteiger partial charge in [-0.3, -0.25) is 14.9 Å². The van der Waals surface area contributed by atoms with Gasteiger partial charge in [0.15, 0.2) is 5.75 Å². The van der Waals surface area contributed by atoms with E-state index in [1.807, 2.05) is 0 Å². The molecule has 1 aliphatic rings. The number of nitro groups is 1. The van der Waals surface area contributed by atoms with E-state index >= 15 is 0 Å². The summed E-state index contributed by atoms with van der Waals surface area (Å²) in [6.07, 6.45) is 1.10. The number of carbonyl (C=O) groups is 1. The molecule has 0 spiro atoms. The number of hydrogen-bond donors (Lipinski definition) is 0. The molecule has 1 fully saturated rings. The minimum absolute atomic E-state index is 0.154. The van der Waals surface area contributed by atoms with Crippen molar-refractivity contribution in [2.24, 2.45) is 11.8 Å². The Morgan fingerprint density at radius 3 is 2.48 bits per heavy atom. The second kappa shape index (κ2) is 6.11. The Hall–Kier alpha value is -2.11. The quantitative estimate of drug-likeness (QED) is 0.634. The molecule has 2 atom stereocenters. The minimum atomic E-state index is -0.531. The topological polar surface area (TPSA) is 72.7 Å². The first kappa shape index (κ1) is 15.3. The van der Waals surface area contributed by atoms with E-state index in [1.54, 1.807) is 11.0 Å². The Morgan fingerprint density at radius 1 is 1.33 bits per heavy atom. The molecule has 0 bridgehead atoms. The summed E-state index contributed by atoms with van der Waals surface area (Å²) in [6.45, 7) is 5.63. The number of methoxy groups -OCH3 is 1. The van der Waals surface area contributed by atoms with E-state index in [-0.39, 0.29) is 17.3 Å². The summed E-state index contributed by atoms with van der Waals surface area (Å²) in [6, 6.07) is 4.35. The van der Waals surface area contributed by atoms with Crippen LogP contribution in [0.25, 0.3) is 0 Å². The summed E-state index contributed by atoms with van der Waals surface area (Å²) in [5.74, 6) is 0.910. The van der Waals surface area contributed by atoms with Crippen molar-refractivity contribution >= 4 is 11.6 Å². The van der Waals surface area contributed by atoms with Gasteiger partial charge < -0.3 is 9.64 Å². The highest BCUT2D eigenvalue weighted by atomic mass is 16.6. The number of piperidine rings is 1. The lowest BCUT2D eigenvalue weighted by Gasteiger charge is -2.35. The molecule has 0 radical (unpaired) electrons. The Morgan fingerprint density at radius 2 is 1.95 bits per heavy atom. The number of hydrogen-bond acceptors (Lipinski definition) is 4. The molecule has 6 nitrogen and oxygen atoms in total.